The molecule has 9 saturated carbocycles. The Bertz CT molecular complexity index is 2000. The molecule has 81 heavy (non-hydrogen) atoms. The minimum Gasteiger partial charge on any atom is -0.462 e. The first-order valence-electron chi connectivity index (χ1n) is 30.6. The number of carbonyl (C=O) groups is 6. The van der Waals surface area contributed by atoms with Crippen LogP contribution in [-0.2, 0) is 57.2 Å². The van der Waals surface area contributed by atoms with E-state index in [1.807, 2.05) is 62.3 Å². The molecule has 0 N–H and O–H groups in total. The molecule has 9 rings (SSSR count). The van der Waals surface area contributed by atoms with Crippen molar-refractivity contribution in [1.82, 2.24) is 0 Å². The first-order valence-corrected chi connectivity index (χ1v) is 30.6. The Hall–Kier alpha value is -3.18. The van der Waals surface area contributed by atoms with Gasteiger partial charge in [0.2, 0.25) is 0 Å². The van der Waals surface area contributed by atoms with Gasteiger partial charge >= 0.3 is 35.8 Å². The van der Waals surface area contributed by atoms with Gasteiger partial charge in [-0.05, 0) is 234 Å². The van der Waals surface area contributed by atoms with Crippen molar-refractivity contribution in [3.63, 3.8) is 0 Å². The summed E-state index contributed by atoms with van der Waals surface area (Å²) in [5.74, 6) is 1.22. The van der Waals surface area contributed by atoms with E-state index in [9.17, 15) is 28.8 Å². The topological polar surface area (TPSA) is 158 Å². The minimum atomic E-state index is -0.452. The van der Waals surface area contributed by atoms with Crippen molar-refractivity contribution < 1.29 is 57.2 Å². The van der Waals surface area contributed by atoms with Crippen LogP contribution in [0.15, 0.2) is 0 Å². The molecule has 6 bridgehead atoms. The van der Waals surface area contributed by atoms with Gasteiger partial charge in [0.15, 0.2) is 0 Å². The van der Waals surface area contributed by atoms with E-state index in [1.54, 1.807) is 0 Å². The lowest BCUT2D eigenvalue weighted by atomic mass is 9.81. The molecule has 12 atom stereocenters. The fraction of sp³-hybridized carbons (Fsp3) is 0.913. The molecule has 0 saturated heterocycles. The van der Waals surface area contributed by atoms with E-state index in [2.05, 4.69) is 20.8 Å². The number of hydrogen-bond acceptors (Lipinski definition) is 12. The molecule has 0 amide bonds. The summed E-state index contributed by atoms with van der Waals surface area (Å²) in [5, 5.41) is 0. The Kier molecular flexibility index (Phi) is 28.8. The summed E-state index contributed by atoms with van der Waals surface area (Å²) in [6.45, 7) is 23.9. The number of rotatable bonds is 16. The molecular formula is C69H126O12. The van der Waals surface area contributed by atoms with Gasteiger partial charge in [0.25, 0.3) is 0 Å². The van der Waals surface area contributed by atoms with Crippen molar-refractivity contribution in [1.29, 1.82) is 0 Å². The second kappa shape index (κ2) is 30.8. The highest BCUT2D eigenvalue weighted by atomic mass is 16.6. The smallest absolute Gasteiger partial charge is 0.311 e. The third kappa shape index (κ3) is 17.9. The summed E-state index contributed by atoms with van der Waals surface area (Å²) in [5.41, 5.74) is -2.15. The number of esters is 6. The predicted molar refractivity (Wildman–Crippen MR) is 328 cm³/mol. The normalized spacial score (nSPS) is 31.3. The minimum absolute atomic E-state index is 0. The highest BCUT2D eigenvalue weighted by Gasteiger charge is 2.56. The van der Waals surface area contributed by atoms with Crippen LogP contribution < -0.4 is 0 Å². The molecule has 474 valence electrons. The Labute approximate surface area is 496 Å². The van der Waals surface area contributed by atoms with E-state index in [4.69, 9.17) is 28.4 Å². The Balaban J connectivity index is 0.000000586. The zero-order valence-corrected chi connectivity index (χ0v) is 48.9. The molecule has 9 aliphatic carbocycles. The summed E-state index contributed by atoms with van der Waals surface area (Å²) in [4.78, 5) is 75.8. The van der Waals surface area contributed by atoms with Crippen molar-refractivity contribution in [2.75, 3.05) is 0 Å². The highest BCUT2D eigenvalue weighted by molar-refractivity contribution is 5.79. The quantitative estimate of drug-likeness (QED) is 0.107. The first-order chi connectivity index (χ1) is 35.3. The van der Waals surface area contributed by atoms with Gasteiger partial charge in [-0.1, -0.05) is 85.1 Å². The fourth-order valence-electron chi connectivity index (χ4n) is 14.7. The maximum atomic E-state index is 13.0. The van der Waals surface area contributed by atoms with E-state index in [0.717, 1.165) is 161 Å². The molecule has 9 fully saturated rings. The number of ether oxygens (including phenoxy) is 6. The Morgan fingerprint density at radius 1 is 0.370 bits per heavy atom. The fourth-order valence-corrected chi connectivity index (χ4v) is 14.7. The Morgan fingerprint density at radius 3 is 0.889 bits per heavy atom. The van der Waals surface area contributed by atoms with Crippen molar-refractivity contribution in [2.24, 2.45) is 69.5 Å². The van der Waals surface area contributed by atoms with Crippen molar-refractivity contribution in [2.45, 2.75) is 336 Å². The van der Waals surface area contributed by atoms with E-state index < -0.39 is 16.2 Å². The standard InChI is InChI=1S/C22H36O4.C21H34O4.C20H32O4.6CH4/c1-5-21(3,4)20(24)25-18-14-15-12-16(18)17(13-15)19(23)26-22(6-2)10-8-7-9-11-22;1-5-20(2,3)19(23)24-17-13-14-11-15(17)16(12-14)18(22)25-21(4)9-7-6-8-10-21;1-5-19(2,3)18(22)23-16-12-13-10-14(16)15(11-13)17(21)24-20(4)8-6-7-9-20;;;;;;/h15-18H,5-14H2,1-4H3;14-17H,5-13H2,1-4H3;13-16H,5-12H2,1-4H3;6*1H4. The molecule has 12 heteroatoms. The van der Waals surface area contributed by atoms with Gasteiger partial charge in [0.05, 0.1) is 34.0 Å². The van der Waals surface area contributed by atoms with Crippen molar-refractivity contribution >= 4 is 35.8 Å². The van der Waals surface area contributed by atoms with Crippen LogP contribution in [0.5, 0.6) is 0 Å². The van der Waals surface area contributed by atoms with Gasteiger partial charge in [-0.25, -0.2) is 0 Å². The lowest BCUT2D eigenvalue weighted by Gasteiger charge is -2.38. The summed E-state index contributed by atoms with van der Waals surface area (Å²) < 4.78 is 35.6. The van der Waals surface area contributed by atoms with Crippen LogP contribution in [-0.4, -0.2) is 70.9 Å². The molecule has 12 nitrogen and oxygen atoms in total. The Morgan fingerprint density at radius 2 is 0.630 bits per heavy atom. The molecule has 0 radical (unpaired) electrons. The lowest BCUT2D eigenvalue weighted by molar-refractivity contribution is -0.177. The molecule has 0 heterocycles. The van der Waals surface area contributed by atoms with Crippen molar-refractivity contribution in [3.8, 4) is 0 Å². The van der Waals surface area contributed by atoms with Gasteiger partial charge in [-0.2, -0.15) is 0 Å². The lowest BCUT2D eigenvalue weighted by Crippen LogP contribution is -2.42. The van der Waals surface area contributed by atoms with Gasteiger partial charge in [0.1, 0.15) is 35.1 Å². The van der Waals surface area contributed by atoms with Gasteiger partial charge < -0.3 is 28.4 Å². The predicted octanol–water partition coefficient (Wildman–Crippen LogP) is 17.8. The SMILES string of the molecule is C.C.C.C.C.C.CCC(C)(C)C(=O)OC1CC2CC(C(=O)OC3(C)CCCC3)C1C2.CCC(C)(C)C(=O)OC1CC2CC(C(=O)OC3(C)CCCCC3)C1C2.CCC1(OC(=O)C2CC3CC(OC(=O)C(C)(C)CC)C2C3)CCCCC1. The van der Waals surface area contributed by atoms with Gasteiger partial charge in [0, 0.05) is 17.8 Å². The highest BCUT2D eigenvalue weighted by Crippen LogP contribution is 2.54. The van der Waals surface area contributed by atoms with Gasteiger partial charge in [-0.15, -0.1) is 0 Å². The summed E-state index contributed by atoms with van der Waals surface area (Å²) in [6, 6.07) is 0. The summed E-state index contributed by atoms with van der Waals surface area (Å²) in [6.07, 6.45) is 26.6. The van der Waals surface area contributed by atoms with Crippen LogP contribution in [0.1, 0.15) is 301 Å². The van der Waals surface area contributed by atoms with Crippen LogP contribution in [0, 0.1) is 69.5 Å². The maximum Gasteiger partial charge on any atom is 0.311 e. The van der Waals surface area contributed by atoms with E-state index in [0.29, 0.717) is 17.8 Å². The molecule has 0 aromatic rings. The maximum absolute atomic E-state index is 13.0. The first kappa shape index (κ1) is 75.8. The summed E-state index contributed by atoms with van der Waals surface area (Å²) >= 11 is 0. The zero-order chi connectivity index (χ0) is 54.7. The van der Waals surface area contributed by atoms with Crippen LogP contribution in [0.4, 0.5) is 0 Å². The van der Waals surface area contributed by atoms with Crippen LogP contribution >= 0.6 is 0 Å². The van der Waals surface area contributed by atoms with Crippen molar-refractivity contribution in [3.05, 3.63) is 0 Å². The molecule has 0 spiro atoms. The second-order valence-electron chi connectivity index (χ2n) is 28.1. The monoisotopic (exact) mass is 1150 g/mol. The van der Waals surface area contributed by atoms with Crippen LogP contribution in [0.2, 0.25) is 0 Å². The molecule has 0 aliphatic heterocycles. The zero-order valence-electron chi connectivity index (χ0n) is 48.9. The summed E-state index contributed by atoms with van der Waals surface area (Å²) in [7, 11) is 0. The largest absolute Gasteiger partial charge is 0.462 e. The van der Waals surface area contributed by atoms with Crippen LogP contribution in [0.3, 0.4) is 0 Å². The molecule has 9 aliphatic rings. The third-order valence-corrected chi connectivity index (χ3v) is 21.2. The second-order valence-corrected chi connectivity index (χ2v) is 28.1. The molecule has 0 aromatic carbocycles. The number of hydrogen-bond donors (Lipinski definition) is 0. The van der Waals surface area contributed by atoms with E-state index in [1.165, 1.54) is 12.8 Å². The molecule has 12 unspecified atom stereocenters. The van der Waals surface area contributed by atoms with E-state index in [-0.39, 0.29) is 151 Å². The molecular weight excluding hydrogens is 1020 g/mol. The number of carbonyl (C=O) groups excluding carboxylic acids is 6. The van der Waals surface area contributed by atoms with E-state index >= 15 is 0 Å². The van der Waals surface area contributed by atoms with Gasteiger partial charge in [-0.3, -0.25) is 28.8 Å². The third-order valence-electron chi connectivity index (χ3n) is 21.2. The van der Waals surface area contributed by atoms with Crippen LogP contribution in [0.25, 0.3) is 0 Å². The molecule has 0 aromatic heterocycles. The average Bonchev–Trinajstić information content (AvgIpc) is 4.34. The number of fused-ring (bicyclic) bond motifs is 6. The average molecular weight is 1150 g/mol.